The Balaban J connectivity index is 2.64. The first-order valence-corrected chi connectivity index (χ1v) is 7.53. The highest BCUT2D eigenvalue weighted by molar-refractivity contribution is 7.91. The van der Waals surface area contributed by atoms with E-state index in [1.54, 1.807) is 6.92 Å². The highest BCUT2D eigenvalue weighted by Gasteiger charge is 2.12. The van der Waals surface area contributed by atoms with Crippen LogP contribution >= 0.6 is 0 Å². The maximum atomic E-state index is 13.4. The largest absolute Gasteiger partial charge is 0.489 e. The quantitative estimate of drug-likeness (QED) is 0.820. The van der Waals surface area contributed by atoms with Gasteiger partial charge < -0.3 is 9.84 Å². The third-order valence-electron chi connectivity index (χ3n) is 2.37. The second kappa shape index (κ2) is 6.70. The van der Waals surface area contributed by atoms with E-state index in [1.165, 1.54) is 18.2 Å². The van der Waals surface area contributed by atoms with Gasteiger partial charge in [0.05, 0.1) is 18.1 Å². The molecule has 0 saturated carbocycles. The molecule has 1 aromatic carbocycles. The fraction of sp³-hybridized carbons (Fsp3) is 0.500. The van der Waals surface area contributed by atoms with Gasteiger partial charge in [-0.2, -0.15) is 0 Å². The van der Waals surface area contributed by atoms with Crippen LogP contribution in [0.15, 0.2) is 18.2 Å². The van der Waals surface area contributed by atoms with Gasteiger partial charge in [-0.15, -0.1) is 0 Å². The van der Waals surface area contributed by atoms with Crippen molar-refractivity contribution in [1.29, 1.82) is 0 Å². The van der Waals surface area contributed by atoms with Gasteiger partial charge in [0, 0.05) is 5.56 Å². The van der Waals surface area contributed by atoms with Gasteiger partial charge in [0.1, 0.15) is 6.61 Å². The van der Waals surface area contributed by atoms with Crippen LogP contribution in [0.2, 0.25) is 0 Å². The average molecular weight is 276 g/mol. The summed E-state index contributed by atoms with van der Waals surface area (Å²) in [6.45, 7) is 1.31. The molecular formula is C12H17FO4S. The van der Waals surface area contributed by atoms with E-state index in [-0.39, 0.29) is 30.5 Å². The van der Waals surface area contributed by atoms with Crippen LogP contribution in [-0.2, 0) is 16.4 Å². The second-order valence-electron chi connectivity index (χ2n) is 3.89. The summed E-state index contributed by atoms with van der Waals surface area (Å²) in [6, 6.07) is 4.19. The van der Waals surface area contributed by atoms with E-state index in [0.717, 1.165) is 0 Å². The maximum Gasteiger partial charge on any atom is 0.165 e. The van der Waals surface area contributed by atoms with E-state index in [1.807, 2.05) is 0 Å². The standard InChI is InChI=1S/C12H17FO4S/c1-2-7-18(15,16)8-6-17-12-10(9-14)4-3-5-11(12)13/h3-5,14H,2,6-9H2,1H3. The second-order valence-corrected chi connectivity index (χ2v) is 6.19. The van der Waals surface area contributed by atoms with Crippen LogP contribution in [0.1, 0.15) is 18.9 Å². The molecule has 0 heterocycles. The summed E-state index contributed by atoms with van der Waals surface area (Å²) < 4.78 is 41.4. The average Bonchev–Trinajstić information content (AvgIpc) is 2.30. The lowest BCUT2D eigenvalue weighted by Crippen LogP contribution is -2.17. The predicted octanol–water partition coefficient (Wildman–Crippen LogP) is 1.52. The molecule has 1 rings (SSSR count). The molecule has 0 aliphatic carbocycles. The SMILES string of the molecule is CCCS(=O)(=O)CCOc1c(F)cccc1CO. The first-order valence-electron chi connectivity index (χ1n) is 5.71. The molecule has 0 aliphatic heterocycles. The molecule has 1 aromatic rings. The zero-order valence-electron chi connectivity index (χ0n) is 10.2. The van der Waals surface area contributed by atoms with E-state index < -0.39 is 15.7 Å². The number of aliphatic hydroxyl groups excluding tert-OH is 1. The van der Waals surface area contributed by atoms with Gasteiger partial charge >= 0.3 is 0 Å². The fourth-order valence-corrected chi connectivity index (χ4v) is 2.69. The maximum absolute atomic E-state index is 13.4. The van der Waals surface area contributed by atoms with Crippen LogP contribution in [-0.4, -0.2) is 31.6 Å². The molecule has 0 bridgehead atoms. The van der Waals surface area contributed by atoms with E-state index >= 15 is 0 Å². The number of hydrogen-bond acceptors (Lipinski definition) is 4. The summed E-state index contributed by atoms with van der Waals surface area (Å²) in [5, 5.41) is 9.02. The van der Waals surface area contributed by atoms with E-state index in [9.17, 15) is 12.8 Å². The molecule has 0 atom stereocenters. The Bertz CT molecular complexity index is 485. The topological polar surface area (TPSA) is 63.6 Å². The molecule has 0 unspecified atom stereocenters. The van der Waals surface area contributed by atoms with Crippen molar-refractivity contribution in [3.63, 3.8) is 0 Å². The first-order chi connectivity index (χ1) is 8.50. The van der Waals surface area contributed by atoms with Gasteiger partial charge in [-0.05, 0) is 12.5 Å². The smallest absolute Gasteiger partial charge is 0.165 e. The summed E-state index contributed by atoms with van der Waals surface area (Å²) in [5.41, 5.74) is 0.308. The molecule has 0 aliphatic rings. The Kier molecular flexibility index (Phi) is 5.55. The summed E-state index contributed by atoms with van der Waals surface area (Å²) in [4.78, 5) is 0. The zero-order chi connectivity index (χ0) is 13.6. The summed E-state index contributed by atoms with van der Waals surface area (Å²) in [6.07, 6.45) is 0.546. The number of hydrogen-bond donors (Lipinski definition) is 1. The number of rotatable bonds is 7. The Morgan fingerprint density at radius 2 is 2.06 bits per heavy atom. The van der Waals surface area contributed by atoms with Crippen LogP contribution in [0.5, 0.6) is 5.75 Å². The zero-order valence-corrected chi connectivity index (χ0v) is 11.0. The van der Waals surface area contributed by atoms with E-state index in [2.05, 4.69) is 0 Å². The van der Waals surface area contributed by atoms with Crippen molar-refractivity contribution >= 4 is 9.84 Å². The molecular weight excluding hydrogens is 259 g/mol. The van der Waals surface area contributed by atoms with Crippen molar-refractivity contribution in [3.05, 3.63) is 29.6 Å². The molecule has 18 heavy (non-hydrogen) atoms. The molecule has 102 valence electrons. The van der Waals surface area contributed by atoms with Crippen molar-refractivity contribution in [2.24, 2.45) is 0 Å². The molecule has 0 aromatic heterocycles. The third kappa shape index (κ3) is 4.27. The third-order valence-corrected chi connectivity index (χ3v) is 4.19. The molecule has 0 fully saturated rings. The number of sulfone groups is 1. The highest BCUT2D eigenvalue weighted by atomic mass is 32.2. The Labute approximate surface area is 106 Å². The highest BCUT2D eigenvalue weighted by Crippen LogP contribution is 2.22. The predicted molar refractivity (Wildman–Crippen MR) is 66.8 cm³/mol. The minimum atomic E-state index is -3.14. The van der Waals surface area contributed by atoms with Gasteiger partial charge in [-0.3, -0.25) is 0 Å². The van der Waals surface area contributed by atoms with Crippen molar-refractivity contribution in [1.82, 2.24) is 0 Å². The summed E-state index contributed by atoms with van der Waals surface area (Å²) in [5.74, 6) is -0.735. The van der Waals surface area contributed by atoms with E-state index in [0.29, 0.717) is 12.0 Å². The lowest BCUT2D eigenvalue weighted by atomic mass is 10.2. The molecule has 0 saturated heterocycles. The molecule has 0 spiro atoms. The number of ether oxygens (including phenoxy) is 1. The van der Waals surface area contributed by atoms with Gasteiger partial charge in [0.15, 0.2) is 21.4 Å². The van der Waals surface area contributed by atoms with E-state index in [4.69, 9.17) is 9.84 Å². The molecule has 0 radical (unpaired) electrons. The monoisotopic (exact) mass is 276 g/mol. The number of benzene rings is 1. The van der Waals surface area contributed by atoms with Crippen molar-refractivity contribution in [2.45, 2.75) is 20.0 Å². The molecule has 0 amide bonds. The minimum Gasteiger partial charge on any atom is -0.489 e. The van der Waals surface area contributed by atoms with Gasteiger partial charge in [0.2, 0.25) is 0 Å². The van der Waals surface area contributed by atoms with Crippen LogP contribution in [0.25, 0.3) is 0 Å². The molecule has 6 heteroatoms. The van der Waals surface area contributed by atoms with Crippen LogP contribution in [0.3, 0.4) is 0 Å². The van der Waals surface area contributed by atoms with Crippen molar-refractivity contribution in [3.8, 4) is 5.75 Å². The van der Waals surface area contributed by atoms with Crippen molar-refractivity contribution in [2.75, 3.05) is 18.1 Å². The van der Waals surface area contributed by atoms with Gasteiger partial charge in [-0.25, -0.2) is 12.8 Å². The van der Waals surface area contributed by atoms with Crippen LogP contribution < -0.4 is 4.74 Å². The van der Waals surface area contributed by atoms with Gasteiger partial charge in [0.25, 0.3) is 0 Å². The number of aliphatic hydroxyl groups is 1. The number of para-hydroxylation sites is 1. The first kappa shape index (κ1) is 14.9. The normalized spacial score (nSPS) is 11.5. The molecule has 1 N–H and O–H groups in total. The summed E-state index contributed by atoms with van der Waals surface area (Å²) in [7, 11) is -3.14. The minimum absolute atomic E-state index is 0.0771. The Morgan fingerprint density at radius 3 is 2.67 bits per heavy atom. The number of halogens is 1. The lowest BCUT2D eigenvalue weighted by Gasteiger charge is -2.11. The van der Waals surface area contributed by atoms with Crippen LogP contribution in [0.4, 0.5) is 4.39 Å². The van der Waals surface area contributed by atoms with Gasteiger partial charge in [-0.1, -0.05) is 19.1 Å². The fourth-order valence-electron chi connectivity index (χ4n) is 1.52. The summed E-state index contributed by atoms with van der Waals surface area (Å²) >= 11 is 0. The Morgan fingerprint density at radius 1 is 1.33 bits per heavy atom. The lowest BCUT2D eigenvalue weighted by molar-refractivity contribution is 0.262. The van der Waals surface area contributed by atoms with Crippen LogP contribution in [0, 0.1) is 5.82 Å². The molecule has 4 nitrogen and oxygen atoms in total. The van der Waals surface area contributed by atoms with Crippen molar-refractivity contribution < 1.29 is 22.7 Å². The Hall–Kier alpha value is -1.14.